The molecule has 1 saturated heterocycles. The number of likely N-dealkylation sites (N-methyl/N-ethyl adjacent to an activating group) is 1. The summed E-state index contributed by atoms with van der Waals surface area (Å²) < 4.78 is 32.6. The molecule has 1 amide bonds. The number of rotatable bonds is 3. The van der Waals surface area contributed by atoms with E-state index in [0.717, 1.165) is 37.0 Å². The SMILES string of the molecule is CNC(=O)C1CC2(CCN(S(=O)(=O)C3CC3)CC2)c2ccccc2O1. The number of hydrogen-bond acceptors (Lipinski definition) is 4. The van der Waals surface area contributed by atoms with Gasteiger partial charge in [-0.1, -0.05) is 18.2 Å². The monoisotopic (exact) mass is 364 g/mol. The molecule has 1 aromatic rings. The predicted molar refractivity (Wildman–Crippen MR) is 94.0 cm³/mol. The lowest BCUT2D eigenvalue weighted by atomic mass is 9.68. The minimum Gasteiger partial charge on any atom is -0.480 e. The molecule has 2 aliphatic heterocycles. The Morgan fingerprint density at radius 3 is 2.56 bits per heavy atom. The third-order valence-corrected chi connectivity index (χ3v) is 8.23. The summed E-state index contributed by atoms with van der Waals surface area (Å²) in [5, 5.41) is 2.51. The van der Waals surface area contributed by atoms with Crippen LogP contribution in [0.2, 0.25) is 0 Å². The van der Waals surface area contributed by atoms with Gasteiger partial charge in [0.1, 0.15) is 5.75 Å². The summed E-state index contributed by atoms with van der Waals surface area (Å²) in [6.45, 7) is 1.04. The highest BCUT2D eigenvalue weighted by Gasteiger charge is 2.48. The number of para-hydroxylation sites is 1. The largest absolute Gasteiger partial charge is 0.480 e. The second-order valence-electron chi connectivity index (χ2n) is 7.34. The average Bonchev–Trinajstić information content (AvgIpc) is 3.47. The smallest absolute Gasteiger partial charge is 0.260 e. The van der Waals surface area contributed by atoms with Crippen LogP contribution in [-0.4, -0.2) is 50.1 Å². The van der Waals surface area contributed by atoms with Crippen LogP contribution >= 0.6 is 0 Å². The van der Waals surface area contributed by atoms with Crippen molar-refractivity contribution in [2.75, 3.05) is 20.1 Å². The van der Waals surface area contributed by atoms with Crippen molar-refractivity contribution in [3.05, 3.63) is 29.8 Å². The second kappa shape index (κ2) is 5.99. The van der Waals surface area contributed by atoms with Crippen LogP contribution < -0.4 is 10.1 Å². The Labute approximate surface area is 148 Å². The topological polar surface area (TPSA) is 75.7 Å². The van der Waals surface area contributed by atoms with Crippen molar-refractivity contribution < 1.29 is 17.9 Å². The molecule has 0 bridgehead atoms. The van der Waals surface area contributed by atoms with Crippen LogP contribution in [-0.2, 0) is 20.2 Å². The lowest BCUT2D eigenvalue weighted by Crippen LogP contribution is -2.52. The maximum Gasteiger partial charge on any atom is 0.260 e. The van der Waals surface area contributed by atoms with Gasteiger partial charge in [0.05, 0.1) is 5.25 Å². The molecule has 1 aliphatic carbocycles. The molecule has 1 saturated carbocycles. The average molecular weight is 364 g/mol. The number of piperidine rings is 1. The first kappa shape index (κ1) is 16.8. The summed E-state index contributed by atoms with van der Waals surface area (Å²) in [6.07, 6.45) is 3.12. The summed E-state index contributed by atoms with van der Waals surface area (Å²) >= 11 is 0. The molecule has 2 heterocycles. The number of fused-ring (bicyclic) bond motifs is 2. The maximum atomic E-state index is 12.5. The first-order valence-electron chi connectivity index (χ1n) is 8.93. The molecule has 7 heteroatoms. The predicted octanol–water partition coefficient (Wildman–Crippen LogP) is 1.41. The maximum absolute atomic E-state index is 12.5. The molecule has 4 rings (SSSR count). The van der Waals surface area contributed by atoms with E-state index in [2.05, 4.69) is 11.4 Å². The number of hydrogen-bond donors (Lipinski definition) is 1. The normalized spacial score (nSPS) is 25.9. The Morgan fingerprint density at radius 1 is 1.24 bits per heavy atom. The minimum atomic E-state index is -3.13. The number of benzene rings is 1. The molecule has 136 valence electrons. The van der Waals surface area contributed by atoms with E-state index in [-0.39, 0.29) is 16.6 Å². The van der Waals surface area contributed by atoms with Crippen LogP contribution in [0, 0.1) is 0 Å². The van der Waals surface area contributed by atoms with Crippen molar-refractivity contribution in [1.29, 1.82) is 0 Å². The Balaban J connectivity index is 1.61. The molecule has 1 aromatic carbocycles. The molecule has 1 unspecified atom stereocenters. The van der Waals surface area contributed by atoms with Gasteiger partial charge in [-0.25, -0.2) is 12.7 Å². The van der Waals surface area contributed by atoms with Gasteiger partial charge in [-0.3, -0.25) is 4.79 Å². The van der Waals surface area contributed by atoms with E-state index < -0.39 is 16.1 Å². The Bertz CT molecular complexity index is 780. The minimum absolute atomic E-state index is 0.123. The van der Waals surface area contributed by atoms with Crippen LogP contribution in [0.4, 0.5) is 0 Å². The number of nitrogens with zero attached hydrogens (tertiary/aromatic N) is 1. The van der Waals surface area contributed by atoms with Crippen LogP contribution in [0.5, 0.6) is 5.75 Å². The zero-order chi connectivity index (χ0) is 17.7. The van der Waals surface area contributed by atoms with Gasteiger partial charge in [0.25, 0.3) is 5.91 Å². The second-order valence-corrected chi connectivity index (χ2v) is 9.56. The molecular weight excluding hydrogens is 340 g/mol. The van der Waals surface area contributed by atoms with Crippen LogP contribution in [0.1, 0.15) is 37.7 Å². The van der Waals surface area contributed by atoms with Gasteiger partial charge in [-0.2, -0.15) is 0 Å². The Morgan fingerprint density at radius 2 is 1.92 bits per heavy atom. The van der Waals surface area contributed by atoms with Gasteiger partial charge >= 0.3 is 0 Å². The van der Waals surface area contributed by atoms with Crippen molar-refractivity contribution >= 4 is 15.9 Å². The zero-order valence-electron chi connectivity index (χ0n) is 14.4. The highest BCUT2D eigenvalue weighted by Crippen LogP contribution is 2.48. The number of amides is 1. The Kier molecular flexibility index (Phi) is 4.03. The first-order chi connectivity index (χ1) is 12.0. The van der Waals surface area contributed by atoms with Gasteiger partial charge in [-0.15, -0.1) is 0 Å². The first-order valence-corrected chi connectivity index (χ1v) is 10.4. The van der Waals surface area contributed by atoms with Crippen molar-refractivity contribution in [3.8, 4) is 5.75 Å². The van der Waals surface area contributed by atoms with Crippen molar-refractivity contribution in [1.82, 2.24) is 9.62 Å². The van der Waals surface area contributed by atoms with E-state index in [1.807, 2.05) is 18.2 Å². The highest BCUT2D eigenvalue weighted by atomic mass is 32.2. The molecule has 6 nitrogen and oxygen atoms in total. The van der Waals surface area contributed by atoms with E-state index in [1.54, 1.807) is 11.4 Å². The zero-order valence-corrected chi connectivity index (χ0v) is 15.2. The van der Waals surface area contributed by atoms with Crippen molar-refractivity contribution in [2.24, 2.45) is 0 Å². The molecule has 1 spiro atoms. The number of carbonyl (C=O) groups is 1. The summed E-state index contributed by atoms with van der Waals surface area (Å²) in [7, 11) is -1.52. The summed E-state index contributed by atoms with van der Waals surface area (Å²) in [4.78, 5) is 12.2. The van der Waals surface area contributed by atoms with Crippen molar-refractivity contribution in [3.63, 3.8) is 0 Å². The molecule has 25 heavy (non-hydrogen) atoms. The number of sulfonamides is 1. The summed E-state index contributed by atoms with van der Waals surface area (Å²) in [5.41, 5.74) is 0.917. The molecule has 3 aliphatic rings. The lowest BCUT2D eigenvalue weighted by molar-refractivity contribution is -0.129. The van der Waals surface area contributed by atoms with E-state index in [0.29, 0.717) is 19.5 Å². The number of nitrogens with one attached hydrogen (secondary N) is 1. The number of carbonyl (C=O) groups excluding carboxylic acids is 1. The van der Waals surface area contributed by atoms with Crippen LogP contribution in [0.25, 0.3) is 0 Å². The van der Waals surface area contributed by atoms with E-state index in [9.17, 15) is 13.2 Å². The summed E-state index contributed by atoms with van der Waals surface area (Å²) in [5.74, 6) is 0.628. The van der Waals surface area contributed by atoms with Crippen LogP contribution in [0.15, 0.2) is 24.3 Å². The fraction of sp³-hybridized carbons (Fsp3) is 0.611. The van der Waals surface area contributed by atoms with E-state index in [1.165, 1.54) is 0 Å². The van der Waals surface area contributed by atoms with Gasteiger partial charge in [0.2, 0.25) is 10.0 Å². The molecule has 0 radical (unpaired) electrons. The van der Waals surface area contributed by atoms with Crippen molar-refractivity contribution in [2.45, 2.75) is 48.9 Å². The highest BCUT2D eigenvalue weighted by molar-refractivity contribution is 7.90. The third kappa shape index (κ3) is 2.83. The van der Waals surface area contributed by atoms with E-state index >= 15 is 0 Å². The quantitative estimate of drug-likeness (QED) is 0.880. The fourth-order valence-corrected chi connectivity index (χ4v) is 6.04. The molecule has 1 N–H and O–H groups in total. The van der Waals surface area contributed by atoms with Gasteiger partial charge in [0.15, 0.2) is 6.10 Å². The molecule has 2 fully saturated rings. The lowest BCUT2D eigenvalue weighted by Gasteiger charge is -2.46. The van der Waals surface area contributed by atoms with E-state index in [4.69, 9.17) is 4.74 Å². The fourth-order valence-electron chi connectivity index (χ4n) is 4.19. The number of ether oxygens (including phenoxy) is 1. The van der Waals surface area contributed by atoms with Gasteiger partial charge < -0.3 is 10.1 Å². The van der Waals surface area contributed by atoms with Crippen LogP contribution in [0.3, 0.4) is 0 Å². The third-order valence-electron chi connectivity index (χ3n) is 5.83. The van der Waals surface area contributed by atoms with Gasteiger partial charge in [-0.05, 0) is 31.7 Å². The molecular formula is C18H24N2O4S. The molecule has 1 atom stereocenters. The van der Waals surface area contributed by atoms with Gasteiger partial charge in [0, 0.05) is 37.5 Å². The standard InChI is InChI=1S/C18H24N2O4S/c1-19-17(21)16-12-18(14-4-2-3-5-15(14)24-16)8-10-20(11-9-18)25(22,23)13-6-7-13/h2-5,13,16H,6-12H2,1H3,(H,19,21). The molecule has 0 aromatic heterocycles. The summed E-state index contributed by atoms with van der Waals surface area (Å²) in [6, 6.07) is 7.85. The Hall–Kier alpha value is -1.60.